The smallest absolute Gasteiger partial charge is 0.234 e. The Kier molecular flexibility index (Phi) is 4.20. The molecule has 0 saturated heterocycles. The molecule has 0 saturated carbocycles. The lowest BCUT2D eigenvalue weighted by molar-refractivity contribution is 0.0657. The molecule has 0 fully saturated rings. The molecule has 2 aromatic heterocycles. The molecule has 1 aliphatic carbocycles. The van der Waals surface area contributed by atoms with E-state index in [4.69, 9.17) is 14.2 Å². The average molecular weight is 379 g/mol. The number of hydrogen-bond donors (Lipinski definition) is 0. The summed E-state index contributed by atoms with van der Waals surface area (Å²) in [6.45, 7) is 0.400. The van der Waals surface area contributed by atoms with Gasteiger partial charge in [0.1, 0.15) is 12.4 Å². The highest BCUT2D eigenvalue weighted by Crippen LogP contribution is 2.40. The maximum atomic E-state index is 14.1. The third-order valence-electron chi connectivity index (χ3n) is 4.87. The summed E-state index contributed by atoms with van der Waals surface area (Å²) in [5.74, 6) is 1.67. The first-order chi connectivity index (χ1) is 13.8. The predicted molar refractivity (Wildman–Crippen MR) is 99.0 cm³/mol. The van der Waals surface area contributed by atoms with Gasteiger partial charge in [-0.25, -0.2) is 14.4 Å². The minimum atomic E-state index is -0.355. The summed E-state index contributed by atoms with van der Waals surface area (Å²) < 4.78 is 32.7. The molecule has 5 rings (SSSR count). The van der Waals surface area contributed by atoms with Crippen molar-refractivity contribution in [2.24, 2.45) is 0 Å². The van der Waals surface area contributed by atoms with Gasteiger partial charge in [0.05, 0.1) is 5.69 Å². The van der Waals surface area contributed by atoms with Crippen molar-refractivity contribution in [3.8, 4) is 5.75 Å². The van der Waals surface area contributed by atoms with Crippen molar-refractivity contribution >= 4 is 5.78 Å². The second kappa shape index (κ2) is 6.99. The molecule has 0 radical (unpaired) electrons. The normalized spacial score (nSPS) is 18.9. The molecule has 142 valence electrons. The van der Waals surface area contributed by atoms with Gasteiger partial charge >= 0.3 is 0 Å². The number of halogens is 1. The molecule has 2 aliphatic rings. The SMILES string of the molecule is FC1=CCCC(c2cnc3nc(COc4ccccc4)cn3c2)C2=C1OCO2. The molecule has 0 spiro atoms. The molecule has 6 nitrogen and oxygen atoms in total. The van der Waals surface area contributed by atoms with Gasteiger partial charge in [-0.3, -0.25) is 4.40 Å². The summed E-state index contributed by atoms with van der Waals surface area (Å²) in [4.78, 5) is 8.96. The zero-order valence-corrected chi connectivity index (χ0v) is 15.0. The molecule has 3 aromatic rings. The van der Waals surface area contributed by atoms with Crippen LogP contribution in [-0.2, 0) is 16.1 Å². The van der Waals surface area contributed by atoms with Crippen molar-refractivity contribution < 1.29 is 18.6 Å². The summed E-state index contributed by atoms with van der Waals surface area (Å²) in [5, 5.41) is 0. The van der Waals surface area contributed by atoms with Crippen molar-refractivity contribution in [2.75, 3.05) is 6.79 Å². The van der Waals surface area contributed by atoms with Crippen LogP contribution in [0.15, 0.2) is 72.3 Å². The molecule has 7 heteroatoms. The molecule has 1 aliphatic heterocycles. The minimum Gasteiger partial charge on any atom is -0.487 e. The van der Waals surface area contributed by atoms with Crippen LogP contribution in [0.25, 0.3) is 5.78 Å². The number of allylic oxidation sites excluding steroid dienone is 3. The maximum Gasteiger partial charge on any atom is 0.234 e. The summed E-state index contributed by atoms with van der Waals surface area (Å²) in [5.41, 5.74) is 1.71. The highest BCUT2D eigenvalue weighted by atomic mass is 19.1. The Morgan fingerprint density at radius 3 is 2.96 bits per heavy atom. The van der Waals surface area contributed by atoms with E-state index in [2.05, 4.69) is 9.97 Å². The van der Waals surface area contributed by atoms with Gasteiger partial charge in [0.2, 0.25) is 12.6 Å². The van der Waals surface area contributed by atoms with Gasteiger partial charge < -0.3 is 14.2 Å². The lowest BCUT2D eigenvalue weighted by Crippen LogP contribution is -2.06. The van der Waals surface area contributed by atoms with Crippen LogP contribution >= 0.6 is 0 Å². The first-order valence-electron chi connectivity index (χ1n) is 9.15. The molecule has 0 N–H and O–H groups in total. The van der Waals surface area contributed by atoms with Crippen LogP contribution in [0, 0.1) is 0 Å². The van der Waals surface area contributed by atoms with Crippen molar-refractivity contribution in [1.82, 2.24) is 14.4 Å². The van der Waals surface area contributed by atoms with Crippen LogP contribution in [0.3, 0.4) is 0 Å². The summed E-state index contributed by atoms with van der Waals surface area (Å²) >= 11 is 0. The van der Waals surface area contributed by atoms with Gasteiger partial charge in [-0.2, -0.15) is 0 Å². The fraction of sp³-hybridized carbons (Fsp3) is 0.238. The molecular formula is C21H18FN3O3. The number of fused-ring (bicyclic) bond motifs is 1. The van der Waals surface area contributed by atoms with Gasteiger partial charge in [0.25, 0.3) is 0 Å². The highest BCUT2D eigenvalue weighted by Gasteiger charge is 2.32. The van der Waals surface area contributed by atoms with Crippen LogP contribution in [0.1, 0.15) is 30.0 Å². The Morgan fingerprint density at radius 2 is 2.07 bits per heavy atom. The standard InChI is InChI=1S/C21H18FN3O3/c22-18-8-4-7-17(19-20(18)28-13-27-19)14-9-23-21-24-15(11-25(21)10-14)12-26-16-5-2-1-3-6-16/h1-3,5-6,8-11,17H,4,7,12-13H2. The maximum absolute atomic E-state index is 14.1. The second-order valence-corrected chi connectivity index (χ2v) is 6.71. The van der Waals surface area contributed by atoms with Crippen LogP contribution in [0.5, 0.6) is 5.75 Å². The van der Waals surface area contributed by atoms with E-state index in [1.165, 1.54) is 0 Å². The van der Waals surface area contributed by atoms with Gasteiger partial charge in [-0.1, -0.05) is 18.2 Å². The molecule has 1 atom stereocenters. The Morgan fingerprint density at radius 1 is 1.18 bits per heavy atom. The topological polar surface area (TPSA) is 57.9 Å². The first-order valence-corrected chi connectivity index (χ1v) is 9.15. The van der Waals surface area contributed by atoms with E-state index in [-0.39, 0.29) is 24.3 Å². The Balaban J connectivity index is 1.41. The third-order valence-corrected chi connectivity index (χ3v) is 4.87. The quantitative estimate of drug-likeness (QED) is 0.678. The average Bonchev–Trinajstić information content (AvgIpc) is 3.33. The number of benzene rings is 1. The second-order valence-electron chi connectivity index (χ2n) is 6.71. The molecule has 0 bridgehead atoms. The highest BCUT2D eigenvalue weighted by molar-refractivity contribution is 5.38. The lowest BCUT2D eigenvalue weighted by Gasteiger charge is -2.15. The van der Waals surface area contributed by atoms with E-state index >= 15 is 0 Å². The van der Waals surface area contributed by atoms with E-state index in [9.17, 15) is 4.39 Å². The molecule has 1 aromatic carbocycles. The zero-order valence-electron chi connectivity index (χ0n) is 15.0. The van der Waals surface area contributed by atoms with Crippen LogP contribution in [0.4, 0.5) is 4.39 Å². The van der Waals surface area contributed by atoms with E-state index < -0.39 is 0 Å². The molecular weight excluding hydrogens is 361 g/mol. The number of rotatable bonds is 4. The number of hydrogen-bond acceptors (Lipinski definition) is 5. The number of nitrogens with zero attached hydrogens (tertiary/aromatic N) is 3. The monoisotopic (exact) mass is 379 g/mol. The first kappa shape index (κ1) is 16.8. The van der Waals surface area contributed by atoms with E-state index in [0.29, 0.717) is 24.6 Å². The fourth-order valence-electron chi connectivity index (χ4n) is 3.53. The van der Waals surface area contributed by atoms with Gasteiger partial charge in [-0.15, -0.1) is 0 Å². The fourth-order valence-corrected chi connectivity index (χ4v) is 3.53. The summed E-state index contributed by atoms with van der Waals surface area (Å²) in [6, 6.07) is 9.60. The number of para-hydroxylation sites is 1. The van der Waals surface area contributed by atoms with Crippen molar-refractivity contribution in [3.05, 3.63) is 83.6 Å². The molecule has 3 heterocycles. The van der Waals surface area contributed by atoms with Crippen LogP contribution < -0.4 is 4.74 Å². The van der Waals surface area contributed by atoms with Crippen LogP contribution in [0.2, 0.25) is 0 Å². The van der Waals surface area contributed by atoms with Gasteiger partial charge in [-0.05, 0) is 36.6 Å². The summed E-state index contributed by atoms with van der Waals surface area (Å²) in [7, 11) is 0. The largest absolute Gasteiger partial charge is 0.487 e. The van der Waals surface area contributed by atoms with Gasteiger partial charge in [0, 0.05) is 24.5 Å². The number of ether oxygens (including phenoxy) is 3. The van der Waals surface area contributed by atoms with Crippen LogP contribution in [-0.4, -0.2) is 21.2 Å². The molecule has 1 unspecified atom stereocenters. The van der Waals surface area contributed by atoms with E-state index in [1.807, 2.05) is 47.1 Å². The predicted octanol–water partition coefficient (Wildman–Crippen LogP) is 4.26. The Labute approximate surface area is 160 Å². The van der Waals surface area contributed by atoms with Crippen molar-refractivity contribution in [3.63, 3.8) is 0 Å². The van der Waals surface area contributed by atoms with Gasteiger partial charge in [0.15, 0.2) is 17.3 Å². The molecule has 28 heavy (non-hydrogen) atoms. The van der Waals surface area contributed by atoms with E-state index in [0.717, 1.165) is 23.4 Å². The van der Waals surface area contributed by atoms with Crippen molar-refractivity contribution in [2.45, 2.75) is 25.4 Å². The third kappa shape index (κ3) is 3.09. The summed E-state index contributed by atoms with van der Waals surface area (Å²) in [6.07, 6.45) is 8.50. The molecule has 0 amide bonds. The van der Waals surface area contributed by atoms with Crippen molar-refractivity contribution in [1.29, 1.82) is 0 Å². The minimum absolute atomic E-state index is 0.0458. The number of imidazole rings is 1. The number of aromatic nitrogens is 3. The Hall–Kier alpha value is -3.35. The zero-order chi connectivity index (χ0) is 18.9. The van der Waals surface area contributed by atoms with E-state index in [1.54, 1.807) is 12.3 Å². The Bertz CT molecular complexity index is 1070. The lowest BCUT2D eigenvalue weighted by atomic mass is 9.95.